The first kappa shape index (κ1) is 31.4. The van der Waals surface area contributed by atoms with Crippen LogP contribution in [0.4, 0.5) is 17.1 Å². The van der Waals surface area contributed by atoms with Crippen LogP contribution in [0.1, 0.15) is 35.0 Å². The van der Waals surface area contributed by atoms with Crippen molar-refractivity contribution in [2.24, 2.45) is 5.92 Å². The summed E-state index contributed by atoms with van der Waals surface area (Å²) < 4.78 is 14.4. The Labute approximate surface area is 285 Å². The molecule has 4 atom stereocenters. The van der Waals surface area contributed by atoms with E-state index in [9.17, 15) is 14.7 Å². The lowest BCUT2D eigenvalue weighted by atomic mass is 9.82. The number of aliphatic hydroxyl groups excluding tert-OH is 1. The Morgan fingerprint density at radius 1 is 1.04 bits per heavy atom. The molecule has 250 valence electrons. The first-order valence-electron chi connectivity index (χ1n) is 16.8. The van der Waals surface area contributed by atoms with Crippen LogP contribution in [-0.2, 0) is 28.1 Å². The van der Waals surface area contributed by atoms with Crippen molar-refractivity contribution in [1.82, 2.24) is 15.0 Å². The number of ether oxygens (including phenoxy) is 2. The summed E-state index contributed by atoms with van der Waals surface area (Å²) in [7, 11) is -0.661. The minimum Gasteiger partial charge on any atom is -0.497 e. The highest BCUT2D eigenvalue weighted by Gasteiger charge is 2.64. The second-order valence-corrected chi connectivity index (χ2v) is 18.6. The number of aromatic nitrogens is 3. The van der Waals surface area contributed by atoms with E-state index in [1.807, 2.05) is 72.9 Å². The molecule has 1 spiro atoms. The molecule has 1 aromatic heterocycles. The van der Waals surface area contributed by atoms with E-state index in [1.54, 1.807) is 16.7 Å². The lowest BCUT2D eigenvalue weighted by Crippen LogP contribution is -2.51. The van der Waals surface area contributed by atoms with Gasteiger partial charge >= 0.3 is 0 Å². The summed E-state index contributed by atoms with van der Waals surface area (Å²) >= 11 is 0. The van der Waals surface area contributed by atoms with E-state index in [0.717, 1.165) is 33.5 Å². The largest absolute Gasteiger partial charge is 0.497 e. The van der Waals surface area contributed by atoms with Gasteiger partial charge in [-0.2, -0.15) is 0 Å². The van der Waals surface area contributed by atoms with Gasteiger partial charge in [-0.3, -0.25) is 19.2 Å². The number of aryl methyl sites for hydroxylation is 1. The van der Waals surface area contributed by atoms with Gasteiger partial charge < -0.3 is 19.9 Å². The number of rotatable bonds is 9. The predicted molar refractivity (Wildman–Crippen MR) is 190 cm³/mol. The average Bonchev–Trinajstić information content (AvgIpc) is 3.84. The number of hydrogen-bond donors (Lipinski definition) is 2. The third-order valence-corrected chi connectivity index (χ3v) is 15.3. The fourth-order valence-electron chi connectivity index (χ4n) is 8.64. The molecule has 10 nitrogen and oxygen atoms in total. The maximum Gasteiger partial charge on any atom is 0.263 e. The van der Waals surface area contributed by atoms with Crippen LogP contribution in [0.5, 0.6) is 5.75 Å². The number of nitrogens with zero attached hydrogens (tertiary/aromatic N) is 4. The molecule has 0 aliphatic carbocycles. The fraction of sp³-hybridized carbons (Fsp3) is 0.316. The van der Waals surface area contributed by atoms with Gasteiger partial charge in [-0.1, -0.05) is 66.8 Å². The Hall–Kier alpha value is -4.84. The second kappa shape index (κ2) is 11.6. The number of fused-ring (bicyclic) bond motifs is 2. The first-order valence-corrected chi connectivity index (χ1v) is 19.9. The Balaban J connectivity index is 1.20. The fourth-order valence-corrected chi connectivity index (χ4v) is 12.7. The zero-order valence-corrected chi connectivity index (χ0v) is 29.0. The van der Waals surface area contributed by atoms with Crippen molar-refractivity contribution in [3.8, 4) is 5.75 Å². The van der Waals surface area contributed by atoms with E-state index >= 15 is 0 Å². The number of nitrogens with one attached hydrogen (secondary N) is 1. The maximum absolute atomic E-state index is 14.3. The molecular formula is C38H39N5O5Si. The highest BCUT2D eigenvalue weighted by molar-refractivity contribution is 6.91. The number of amides is 2. The summed E-state index contributed by atoms with van der Waals surface area (Å²) in [6.07, 6.45) is 2.66. The molecule has 2 amide bonds. The van der Waals surface area contributed by atoms with Gasteiger partial charge in [-0.05, 0) is 59.8 Å². The lowest BCUT2D eigenvalue weighted by Gasteiger charge is -2.37. The van der Waals surface area contributed by atoms with Gasteiger partial charge in [0, 0.05) is 54.0 Å². The third-order valence-electron chi connectivity index (χ3n) is 11.0. The van der Waals surface area contributed by atoms with Crippen molar-refractivity contribution in [2.45, 2.75) is 56.7 Å². The van der Waals surface area contributed by atoms with Gasteiger partial charge in [0.15, 0.2) is 5.60 Å². The summed E-state index contributed by atoms with van der Waals surface area (Å²) in [5.41, 5.74) is 3.21. The molecule has 0 unspecified atom stereocenters. The van der Waals surface area contributed by atoms with Crippen LogP contribution in [0, 0.1) is 5.92 Å². The van der Waals surface area contributed by atoms with Crippen molar-refractivity contribution in [2.75, 3.05) is 23.9 Å². The Kier molecular flexibility index (Phi) is 7.47. The van der Waals surface area contributed by atoms with E-state index in [1.165, 1.54) is 5.19 Å². The molecule has 11 heteroatoms. The van der Waals surface area contributed by atoms with Crippen LogP contribution in [-0.4, -0.2) is 59.8 Å². The van der Waals surface area contributed by atoms with Crippen molar-refractivity contribution in [1.29, 1.82) is 0 Å². The van der Waals surface area contributed by atoms with E-state index in [2.05, 4.69) is 47.8 Å². The predicted octanol–water partition coefficient (Wildman–Crippen LogP) is 5.53. The highest BCUT2D eigenvalue weighted by Crippen LogP contribution is 2.59. The number of benzene rings is 4. The van der Waals surface area contributed by atoms with Crippen LogP contribution in [0.2, 0.25) is 18.6 Å². The smallest absolute Gasteiger partial charge is 0.263 e. The van der Waals surface area contributed by atoms with Gasteiger partial charge in [-0.25, -0.2) is 0 Å². The van der Waals surface area contributed by atoms with Crippen molar-refractivity contribution in [3.63, 3.8) is 0 Å². The molecule has 0 radical (unpaired) electrons. The summed E-state index contributed by atoms with van der Waals surface area (Å²) in [6, 6.07) is 25.9. The van der Waals surface area contributed by atoms with Gasteiger partial charge in [0.2, 0.25) is 0 Å². The van der Waals surface area contributed by atoms with Gasteiger partial charge in [0.1, 0.15) is 5.75 Å². The molecule has 8 rings (SSSR count). The van der Waals surface area contributed by atoms with Gasteiger partial charge in [0.05, 0.1) is 38.2 Å². The number of methoxy groups -OCH3 is 1. The van der Waals surface area contributed by atoms with Gasteiger partial charge in [0.25, 0.3) is 11.8 Å². The second-order valence-electron chi connectivity index (χ2n) is 13.9. The molecule has 49 heavy (non-hydrogen) atoms. The molecule has 2 N–H and O–H groups in total. The van der Waals surface area contributed by atoms with Crippen molar-refractivity contribution >= 4 is 52.9 Å². The minimum absolute atomic E-state index is 0.00889. The van der Waals surface area contributed by atoms with Gasteiger partial charge in [-0.15, -0.1) is 5.10 Å². The molecular weight excluding hydrogens is 635 g/mol. The topological polar surface area (TPSA) is 119 Å². The van der Waals surface area contributed by atoms with Crippen molar-refractivity contribution in [3.05, 3.63) is 102 Å². The normalized spacial score (nSPS) is 22.7. The molecule has 4 aromatic carbocycles. The summed E-state index contributed by atoms with van der Waals surface area (Å²) in [4.78, 5) is 30.0. The SMILES string of the molecule is COc1ccc([Si](C)(C)[C@H]2[C@H](CCn3cc(CCO)nn3)O[C@@]3(C(=O)Nc4ccc(N5C(=O)c6cccc7cccc5c67)cc43)[C@@H]2C)cc1. The number of aliphatic hydroxyl groups is 1. The van der Waals surface area contributed by atoms with Crippen LogP contribution in [0.15, 0.2) is 85.1 Å². The molecule has 1 fully saturated rings. The van der Waals surface area contributed by atoms with Crippen LogP contribution in [0.3, 0.4) is 0 Å². The van der Waals surface area contributed by atoms with Crippen LogP contribution in [0.25, 0.3) is 10.8 Å². The van der Waals surface area contributed by atoms with E-state index in [0.29, 0.717) is 36.3 Å². The Morgan fingerprint density at radius 2 is 1.82 bits per heavy atom. The molecule has 4 heterocycles. The summed E-state index contributed by atoms with van der Waals surface area (Å²) in [5.74, 6) is 0.348. The average molecular weight is 674 g/mol. The standard InChI is InChI=1S/C38H39N5O5Si/c1-23-35(49(3,4)28-14-12-27(47-2)13-15-28)33(17-19-42-22-25(18-20-44)40-41-42)48-38(23)30-21-26(11-16-31(30)39-37(38)46)43-32-10-6-8-24-7-5-9-29(34(24)32)36(43)45/h5-16,21-23,33,35,44H,17-20H2,1-4H3,(H,39,46)/t23-,33+,35-,38+/m1/s1. The first-order chi connectivity index (χ1) is 23.7. The monoisotopic (exact) mass is 673 g/mol. The van der Waals surface area contributed by atoms with Crippen LogP contribution >= 0.6 is 0 Å². The Morgan fingerprint density at radius 3 is 2.57 bits per heavy atom. The summed E-state index contributed by atoms with van der Waals surface area (Å²) in [6.45, 7) is 7.41. The molecule has 1 saturated heterocycles. The van der Waals surface area contributed by atoms with Crippen molar-refractivity contribution < 1.29 is 24.2 Å². The zero-order chi connectivity index (χ0) is 34.1. The maximum atomic E-state index is 14.3. The zero-order valence-electron chi connectivity index (χ0n) is 28.0. The molecule has 0 bridgehead atoms. The number of hydrogen-bond acceptors (Lipinski definition) is 7. The molecule has 3 aliphatic heterocycles. The molecule has 3 aliphatic rings. The molecule has 5 aromatic rings. The third kappa shape index (κ3) is 4.74. The summed E-state index contributed by atoms with van der Waals surface area (Å²) in [5, 5.41) is 24.2. The quantitative estimate of drug-likeness (QED) is 0.198. The number of carbonyl (C=O) groups is 2. The van der Waals surface area contributed by atoms with Crippen LogP contribution < -0.4 is 20.1 Å². The van der Waals surface area contributed by atoms with E-state index < -0.39 is 13.7 Å². The molecule has 0 saturated carbocycles. The number of anilines is 3. The highest BCUT2D eigenvalue weighted by atomic mass is 28.3. The minimum atomic E-state index is -2.33. The lowest BCUT2D eigenvalue weighted by molar-refractivity contribution is -0.143. The van der Waals surface area contributed by atoms with E-state index in [-0.39, 0.29) is 36.0 Å². The Bertz CT molecular complexity index is 2110. The van der Waals surface area contributed by atoms with E-state index in [4.69, 9.17) is 9.47 Å². The number of carbonyl (C=O) groups excluding carboxylic acids is 2.